The number of carbonyl (C=O) groups excluding carboxylic acids is 1. The number of rotatable bonds is 5. The van der Waals surface area contributed by atoms with Crippen LogP contribution in [0.1, 0.15) is 16.1 Å². The smallest absolute Gasteiger partial charge is 0.276 e. The number of carbonyl (C=O) groups is 1. The van der Waals surface area contributed by atoms with Crippen molar-refractivity contribution in [1.82, 2.24) is 19.7 Å². The third-order valence-electron chi connectivity index (χ3n) is 5.02. The molecule has 8 nitrogen and oxygen atoms in total. The van der Waals surface area contributed by atoms with Crippen LogP contribution in [0.4, 0.5) is 14.5 Å². The molecule has 11 heteroatoms. The minimum atomic E-state index is -1.13. The first-order valence-corrected chi connectivity index (χ1v) is 11.1. The molecule has 174 valence electrons. The molecule has 0 atom stereocenters. The van der Waals surface area contributed by atoms with Crippen LogP contribution in [0.15, 0.2) is 71.1 Å². The van der Waals surface area contributed by atoms with E-state index in [1.807, 2.05) is 11.4 Å². The van der Waals surface area contributed by atoms with Gasteiger partial charge in [0.15, 0.2) is 17.3 Å². The summed E-state index contributed by atoms with van der Waals surface area (Å²) in [5.74, 6) is -1.83. The Morgan fingerprint density at radius 1 is 1.03 bits per heavy atom. The second-order valence-electron chi connectivity index (χ2n) is 7.42. The van der Waals surface area contributed by atoms with Crippen molar-refractivity contribution < 1.29 is 18.3 Å². The maximum absolute atomic E-state index is 13.6. The first-order valence-electron chi connectivity index (χ1n) is 10.2. The summed E-state index contributed by atoms with van der Waals surface area (Å²) in [5.41, 5.74) is 0.936. The zero-order chi connectivity index (χ0) is 24.5. The summed E-state index contributed by atoms with van der Waals surface area (Å²) in [7, 11) is 0. The fourth-order valence-corrected chi connectivity index (χ4v) is 4.09. The maximum atomic E-state index is 13.6. The number of thiophene rings is 1. The van der Waals surface area contributed by atoms with Crippen molar-refractivity contribution in [2.45, 2.75) is 6.92 Å². The van der Waals surface area contributed by atoms with Gasteiger partial charge in [-0.05, 0) is 60.3 Å². The Bertz CT molecular complexity index is 1630. The Hall–Kier alpha value is -4.51. The topological polar surface area (TPSA) is 99.0 Å². The molecule has 5 rings (SSSR count). The normalized spacial score (nSPS) is 10.9. The van der Waals surface area contributed by atoms with Crippen molar-refractivity contribution in [2.75, 3.05) is 5.32 Å². The molecule has 0 saturated heterocycles. The Morgan fingerprint density at radius 3 is 2.60 bits per heavy atom. The van der Waals surface area contributed by atoms with Gasteiger partial charge in [-0.3, -0.25) is 9.59 Å². The lowest BCUT2D eigenvalue weighted by molar-refractivity contribution is 0.102. The summed E-state index contributed by atoms with van der Waals surface area (Å²) in [6.07, 6.45) is 1.42. The summed E-state index contributed by atoms with van der Waals surface area (Å²) >= 11 is 1.47. The number of halogens is 2. The number of aryl methyl sites for hydroxylation is 1. The average Bonchev–Trinajstić information content (AvgIpc) is 3.32. The highest BCUT2D eigenvalue weighted by Crippen LogP contribution is 2.30. The average molecular weight is 491 g/mol. The van der Waals surface area contributed by atoms with E-state index in [4.69, 9.17) is 4.74 Å². The van der Waals surface area contributed by atoms with Gasteiger partial charge in [-0.25, -0.2) is 18.7 Å². The van der Waals surface area contributed by atoms with Crippen molar-refractivity contribution in [3.63, 3.8) is 0 Å². The number of aromatic nitrogens is 4. The van der Waals surface area contributed by atoms with Crippen LogP contribution in [0.2, 0.25) is 0 Å². The molecule has 2 aromatic carbocycles. The van der Waals surface area contributed by atoms with E-state index in [2.05, 4.69) is 20.4 Å². The highest BCUT2D eigenvalue weighted by Gasteiger charge is 2.16. The molecule has 3 aromatic heterocycles. The molecule has 1 N–H and O–H groups in total. The molecule has 35 heavy (non-hydrogen) atoms. The number of amides is 1. The molecule has 0 bridgehead atoms. The third-order valence-corrected chi connectivity index (χ3v) is 5.91. The van der Waals surface area contributed by atoms with Crippen LogP contribution in [-0.2, 0) is 0 Å². The van der Waals surface area contributed by atoms with Crippen LogP contribution in [0.5, 0.6) is 11.6 Å². The SMILES string of the molecule is Cc1cc(=O)n(-c2ccc(F)c(F)c2)nc1C(=O)Nc1ccc(Oc2ncnc3ccsc23)cc1. The Kier molecular flexibility index (Phi) is 5.75. The zero-order valence-corrected chi connectivity index (χ0v) is 18.8. The highest BCUT2D eigenvalue weighted by molar-refractivity contribution is 7.17. The van der Waals surface area contributed by atoms with E-state index in [1.165, 1.54) is 29.8 Å². The van der Waals surface area contributed by atoms with Crippen molar-refractivity contribution in [2.24, 2.45) is 0 Å². The van der Waals surface area contributed by atoms with Gasteiger partial charge in [-0.15, -0.1) is 11.3 Å². The second kappa shape index (κ2) is 9.03. The lowest BCUT2D eigenvalue weighted by Gasteiger charge is -2.11. The number of hydrogen-bond acceptors (Lipinski definition) is 7. The van der Waals surface area contributed by atoms with Crippen molar-refractivity contribution in [3.8, 4) is 17.3 Å². The number of ether oxygens (including phenoxy) is 1. The van der Waals surface area contributed by atoms with Gasteiger partial charge in [-0.2, -0.15) is 9.78 Å². The van der Waals surface area contributed by atoms with Gasteiger partial charge < -0.3 is 10.1 Å². The quantitative estimate of drug-likeness (QED) is 0.377. The first kappa shape index (κ1) is 22.3. The molecule has 0 aliphatic rings. The van der Waals surface area contributed by atoms with Crippen LogP contribution in [0.25, 0.3) is 15.9 Å². The fourth-order valence-electron chi connectivity index (χ4n) is 3.32. The summed E-state index contributed by atoms with van der Waals surface area (Å²) in [6.45, 7) is 1.56. The van der Waals surface area contributed by atoms with E-state index in [-0.39, 0.29) is 11.4 Å². The minimum absolute atomic E-state index is 0.00554. The van der Waals surface area contributed by atoms with Crippen molar-refractivity contribution >= 4 is 33.1 Å². The molecule has 0 aliphatic carbocycles. The van der Waals surface area contributed by atoms with Crippen molar-refractivity contribution in [3.05, 3.63) is 99.6 Å². The maximum Gasteiger partial charge on any atom is 0.276 e. The van der Waals surface area contributed by atoms with Gasteiger partial charge in [0.1, 0.15) is 16.8 Å². The highest BCUT2D eigenvalue weighted by atomic mass is 32.1. The molecule has 0 fully saturated rings. The molecule has 0 saturated carbocycles. The molecule has 0 radical (unpaired) electrons. The fraction of sp³-hybridized carbons (Fsp3) is 0.0417. The Balaban J connectivity index is 1.36. The molecule has 1 amide bonds. The molecule has 5 aromatic rings. The van der Waals surface area contributed by atoms with Gasteiger partial charge in [-0.1, -0.05) is 0 Å². The van der Waals surface area contributed by atoms with Gasteiger partial charge in [0, 0.05) is 17.8 Å². The van der Waals surface area contributed by atoms with E-state index in [0.717, 1.165) is 27.0 Å². The van der Waals surface area contributed by atoms with Gasteiger partial charge in [0.05, 0.1) is 11.2 Å². The van der Waals surface area contributed by atoms with Crippen molar-refractivity contribution in [1.29, 1.82) is 0 Å². The van der Waals surface area contributed by atoms with E-state index in [0.29, 0.717) is 22.9 Å². The van der Waals surface area contributed by atoms with E-state index in [9.17, 15) is 18.4 Å². The van der Waals surface area contributed by atoms with E-state index in [1.54, 1.807) is 31.2 Å². The summed E-state index contributed by atoms with van der Waals surface area (Å²) in [5, 5.41) is 8.68. The predicted octanol–water partition coefficient (Wildman–Crippen LogP) is 4.87. The van der Waals surface area contributed by atoms with E-state index >= 15 is 0 Å². The summed E-state index contributed by atoms with van der Waals surface area (Å²) in [6, 6.07) is 12.6. The van der Waals surface area contributed by atoms with Crippen LogP contribution < -0.4 is 15.6 Å². The molecule has 0 unspecified atom stereocenters. The van der Waals surface area contributed by atoms with Crippen LogP contribution >= 0.6 is 11.3 Å². The number of anilines is 1. The largest absolute Gasteiger partial charge is 0.437 e. The zero-order valence-electron chi connectivity index (χ0n) is 18.0. The number of benzene rings is 2. The van der Waals surface area contributed by atoms with Crippen LogP contribution in [0.3, 0.4) is 0 Å². The Labute approximate surface area is 200 Å². The lowest BCUT2D eigenvalue weighted by Crippen LogP contribution is -2.26. The number of fused-ring (bicyclic) bond motifs is 1. The third kappa shape index (κ3) is 4.49. The van der Waals surface area contributed by atoms with Gasteiger partial charge in [0.25, 0.3) is 11.5 Å². The van der Waals surface area contributed by atoms with E-state index < -0.39 is 23.1 Å². The number of hydrogen-bond donors (Lipinski definition) is 1. The number of nitrogens with one attached hydrogen (secondary N) is 1. The van der Waals surface area contributed by atoms with Crippen LogP contribution in [-0.4, -0.2) is 25.7 Å². The Morgan fingerprint density at radius 2 is 1.83 bits per heavy atom. The molecular formula is C24H15F2N5O3S. The lowest BCUT2D eigenvalue weighted by atomic mass is 10.2. The summed E-state index contributed by atoms with van der Waals surface area (Å²) < 4.78 is 34.4. The minimum Gasteiger partial charge on any atom is -0.437 e. The molecule has 0 spiro atoms. The second-order valence-corrected chi connectivity index (χ2v) is 8.33. The summed E-state index contributed by atoms with van der Waals surface area (Å²) in [4.78, 5) is 33.6. The van der Waals surface area contributed by atoms with Gasteiger partial charge >= 0.3 is 0 Å². The molecule has 3 heterocycles. The predicted molar refractivity (Wildman–Crippen MR) is 126 cm³/mol. The monoisotopic (exact) mass is 491 g/mol. The first-order chi connectivity index (χ1) is 16.9. The number of nitrogens with zero attached hydrogens (tertiary/aromatic N) is 4. The van der Waals surface area contributed by atoms with Gasteiger partial charge in [0.2, 0.25) is 5.88 Å². The molecule has 0 aliphatic heterocycles. The molecular weight excluding hydrogens is 476 g/mol. The standard InChI is InChI=1S/C24H15F2N5O3S/c1-13-10-20(32)31(15-4-7-17(25)18(26)11-15)30-21(13)23(33)29-14-2-5-16(6-3-14)34-24-22-19(8-9-35-22)27-12-28-24/h2-12H,1H3,(H,29,33). The van der Waals surface area contributed by atoms with Crippen LogP contribution in [0, 0.1) is 18.6 Å².